The van der Waals surface area contributed by atoms with Crippen molar-refractivity contribution < 1.29 is 0 Å². The Hall–Kier alpha value is -1.61. The van der Waals surface area contributed by atoms with Crippen molar-refractivity contribution in [3.63, 3.8) is 0 Å². The lowest BCUT2D eigenvalue weighted by atomic mass is 9.93. The minimum absolute atomic E-state index is 0.363. The van der Waals surface area contributed by atoms with Gasteiger partial charge in [-0.25, -0.2) is 0 Å². The van der Waals surface area contributed by atoms with E-state index < -0.39 is 0 Å². The molecule has 2 rings (SSSR count). The highest BCUT2D eigenvalue weighted by atomic mass is 15.3. The number of aromatic nitrogens is 2. The molecular weight excluding hydrogens is 246 g/mol. The molecule has 0 spiro atoms. The lowest BCUT2D eigenvalue weighted by molar-refractivity contribution is 0.581. The molecular formula is C17H25N3. The van der Waals surface area contributed by atoms with Crippen LogP contribution in [0.2, 0.25) is 0 Å². The largest absolute Gasteiger partial charge is 0.330 e. The van der Waals surface area contributed by atoms with Gasteiger partial charge in [-0.2, -0.15) is 5.10 Å². The van der Waals surface area contributed by atoms with Crippen LogP contribution in [0, 0.1) is 6.92 Å². The van der Waals surface area contributed by atoms with Gasteiger partial charge in [0.2, 0.25) is 0 Å². The van der Waals surface area contributed by atoms with E-state index in [2.05, 4.69) is 60.9 Å². The van der Waals surface area contributed by atoms with Gasteiger partial charge in [-0.3, -0.25) is 4.68 Å². The second kappa shape index (κ2) is 6.71. The van der Waals surface area contributed by atoms with Crippen LogP contribution in [0.15, 0.2) is 30.3 Å². The van der Waals surface area contributed by atoms with Crippen molar-refractivity contribution >= 4 is 0 Å². The van der Waals surface area contributed by atoms with Gasteiger partial charge in [-0.1, -0.05) is 36.8 Å². The molecule has 2 aromatic rings. The molecule has 20 heavy (non-hydrogen) atoms. The first-order valence-electron chi connectivity index (χ1n) is 7.50. The van der Waals surface area contributed by atoms with E-state index in [1.165, 1.54) is 22.5 Å². The van der Waals surface area contributed by atoms with E-state index in [4.69, 9.17) is 5.73 Å². The van der Waals surface area contributed by atoms with Gasteiger partial charge in [-0.05, 0) is 44.9 Å². The number of hydrogen-bond donors (Lipinski definition) is 1. The molecule has 0 aliphatic carbocycles. The van der Waals surface area contributed by atoms with Gasteiger partial charge in [0.15, 0.2) is 0 Å². The summed E-state index contributed by atoms with van der Waals surface area (Å²) < 4.78 is 2.11. The van der Waals surface area contributed by atoms with Crippen LogP contribution in [0.1, 0.15) is 42.3 Å². The summed E-state index contributed by atoms with van der Waals surface area (Å²) in [5, 5.41) is 4.62. The minimum atomic E-state index is 0.363. The molecule has 1 atom stereocenters. The maximum atomic E-state index is 5.99. The van der Waals surface area contributed by atoms with Gasteiger partial charge < -0.3 is 5.73 Å². The zero-order chi connectivity index (χ0) is 14.5. The highest BCUT2D eigenvalue weighted by Crippen LogP contribution is 2.21. The van der Waals surface area contributed by atoms with E-state index in [1.54, 1.807) is 0 Å². The van der Waals surface area contributed by atoms with E-state index in [1.807, 2.05) is 0 Å². The molecule has 0 radical (unpaired) electrons. The van der Waals surface area contributed by atoms with Crippen molar-refractivity contribution in [2.24, 2.45) is 5.73 Å². The number of aryl methyl sites for hydroxylation is 3. The summed E-state index contributed by atoms with van der Waals surface area (Å²) in [5.74, 6) is 0.363. The molecule has 1 aromatic heterocycles. The van der Waals surface area contributed by atoms with E-state index in [9.17, 15) is 0 Å². The van der Waals surface area contributed by atoms with E-state index in [-0.39, 0.29) is 0 Å². The zero-order valence-corrected chi connectivity index (χ0v) is 12.8. The van der Waals surface area contributed by atoms with Gasteiger partial charge in [0, 0.05) is 18.2 Å². The summed E-state index contributed by atoms with van der Waals surface area (Å²) in [7, 11) is 0. The zero-order valence-electron chi connectivity index (χ0n) is 12.8. The van der Waals surface area contributed by atoms with Crippen LogP contribution < -0.4 is 5.73 Å². The first-order valence-corrected chi connectivity index (χ1v) is 7.50. The molecule has 0 aliphatic rings. The van der Waals surface area contributed by atoms with Crippen molar-refractivity contribution in [1.82, 2.24) is 9.78 Å². The Bertz CT molecular complexity index is 540. The number of rotatable bonds is 6. The SMILES string of the molecule is CCc1cc(CC(CN)c2ccc(C)cc2)n(CC)n1. The van der Waals surface area contributed by atoms with Crippen molar-refractivity contribution in [2.45, 2.75) is 46.1 Å². The summed E-state index contributed by atoms with van der Waals surface area (Å²) in [6.45, 7) is 7.98. The molecule has 3 nitrogen and oxygen atoms in total. The maximum Gasteiger partial charge on any atom is 0.0624 e. The summed E-state index contributed by atoms with van der Waals surface area (Å²) >= 11 is 0. The van der Waals surface area contributed by atoms with Gasteiger partial charge in [0.05, 0.1) is 5.69 Å². The Morgan fingerprint density at radius 1 is 1.20 bits per heavy atom. The molecule has 0 fully saturated rings. The van der Waals surface area contributed by atoms with Crippen molar-refractivity contribution in [2.75, 3.05) is 6.54 Å². The third-order valence-electron chi connectivity index (χ3n) is 3.86. The molecule has 1 heterocycles. The Morgan fingerprint density at radius 3 is 2.45 bits per heavy atom. The number of hydrogen-bond acceptors (Lipinski definition) is 2. The molecule has 3 heteroatoms. The average molecular weight is 271 g/mol. The van der Waals surface area contributed by atoms with Gasteiger partial charge >= 0.3 is 0 Å². The van der Waals surface area contributed by atoms with Crippen molar-refractivity contribution in [1.29, 1.82) is 0 Å². The van der Waals surface area contributed by atoms with Crippen LogP contribution in [0.5, 0.6) is 0 Å². The Kier molecular flexibility index (Phi) is 4.96. The minimum Gasteiger partial charge on any atom is -0.330 e. The highest BCUT2D eigenvalue weighted by molar-refractivity contribution is 5.26. The number of benzene rings is 1. The molecule has 0 amide bonds. The summed E-state index contributed by atoms with van der Waals surface area (Å²) in [4.78, 5) is 0. The normalized spacial score (nSPS) is 12.6. The Morgan fingerprint density at radius 2 is 1.90 bits per heavy atom. The Labute approximate surface area is 121 Å². The highest BCUT2D eigenvalue weighted by Gasteiger charge is 2.14. The topological polar surface area (TPSA) is 43.8 Å². The van der Waals surface area contributed by atoms with Crippen LogP contribution in [-0.2, 0) is 19.4 Å². The molecule has 0 saturated carbocycles. The fourth-order valence-electron chi connectivity index (χ4n) is 2.55. The maximum absolute atomic E-state index is 5.99. The molecule has 0 bridgehead atoms. The quantitative estimate of drug-likeness (QED) is 0.877. The third-order valence-corrected chi connectivity index (χ3v) is 3.86. The third kappa shape index (κ3) is 3.28. The molecule has 0 aliphatic heterocycles. The Balaban J connectivity index is 2.21. The summed E-state index contributed by atoms with van der Waals surface area (Å²) in [5.41, 5.74) is 11.1. The monoisotopic (exact) mass is 271 g/mol. The van der Waals surface area contributed by atoms with Crippen molar-refractivity contribution in [3.05, 3.63) is 52.8 Å². The van der Waals surface area contributed by atoms with E-state index in [0.29, 0.717) is 12.5 Å². The lowest BCUT2D eigenvalue weighted by Gasteiger charge is -2.16. The van der Waals surface area contributed by atoms with Crippen molar-refractivity contribution in [3.8, 4) is 0 Å². The predicted molar refractivity (Wildman–Crippen MR) is 84.0 cm³/mol. The predicted octanol–water partition coefficient (Wildman–Crippen LogP) is 3.06. The molecule has 2 N–H and O–H groups in total. The standard InChI is InChI=1S/C17H25N3/c1-4-16-11-17(20(5-2)19-16)10-15(12-18)14-8-6-13(3)7-9-14/h6-9,11,15H,4-5,10,12,18H2,1-3H3. The molecule has 1 unspecified atom stereocenters. The fourth-order valence-corrected chi connectivity index (χ4v) is 2.55. The molecule has 1 aromatic carbocycles. The van der Waals surface area contributed by atoms with E-state index in [0.717, 1.165) is 19.4 Å². The van der Waals surface area contributed by atoms with Crippen LogP contribution in [0.4, 0.5) is 0 Å². The lowest BCUT2D eigenvalue weighted by Crippen LogP contribution is -2.17. The summed E-state index contributed by atoms with van der Waals surface area (Å²) in [6.07, 6.45) is 1.94. The number of nitrogens with zero attached hydrogens (tertiary/aromatic N) is 2. The average Bonchev–Trinajstić information content (AvgIpc) is 2.88. The molecule has 0 saturated heterocycles. The van der Waals surface area contributed by atoms with Crippen LogP contribution in [-0.4, -0.2) is 16.3 Å². The first-order chi connectivity index (χ1) is 9.67. The summed E-state index contributed by atoms with van der Waals surface area (Å²) in [6, 6.07) is 10.9. The number of nitrogens with two attached hydrogens (primary N) is 1. The van der Waals surface area contributed by atoms with Crippen LogP contribution >= 0.6 is 0 Å². The smallest absolute Gasteiger partial charge is 0.0624 e. The second-order valence-corrected chi connectivity index (χ2v) is 5.34. The first kappa shape index (κ1) is 14.8. The molecule has 108 valence electrons. The van der Waals surface area contributed by atoms with Gasteiger partial charge in [0.1, 0.15) is 0 Å². The van der Waals surface area contributed by atoms with Crippen LogP contribution in [0.25, 0.3) is 0 Å². The van der Waals surface area contributed by atoms with Gasteiger partial charge in [-0.15, -0.1) is 0 Å². The van der Waals surface area contributed by atoms with Gasteiger partial charge in [0.25, 0.3) is 0 Å². The fraction of sp³-hybridized carbons (Fsp3) is 0.471. The second-order valence-electron chi connectivity index (χ2n) is 5.34. The van der Waals surface area contributed by atoms with Crippen LogP contribution in [0.3, 0.4) is 0 Å². The van der Waals surface area contributed by atoms with E-state index >= 15 is 0 Å².